The molecule has 2 rings (SSSR count). The third kappa shape index (κ3) is 9.12. The minimum atomic E-state index is -1.80. The van der Waals surface area contributed by atoms with E-state index < -0.39 is 29.1 Å². The number of carbonyl (C=O) groups is 3. The molecule has 1 heterocycles. The summed E-state index contributed by atoms with van der Waals surface area (Å²) in [4.78, 5) is 39.9. The molecule has 11 heteroatoms. The Labute approximate surface area is 216 Å². The van der Waals surface area contributed by atoms with Crippen LogP contribution in [0, 0.1) is 5.41 Å². The molecule has 0 bridgehead atoms. The lowest BCUT2D eigenvalue weighted by atomic mass is 9.90. The topological polar surface area (TPSA) is 145 Å². The minimum Gasteiger partial charge on any atom is -0.392 e. The third-order valence-electron chi connectivity index (χ3n) is 5.00. The van der Waals surface area contributed by atoms with Gasteiger partial charge in [-0.2, -0.15) is 0 Å². The normalized spacial score (nSPS) is 13.4. The van der Waals surface area contributed by atoms with Crippen LogP contribution < -0.4 is 21.7 Å². The highest BCUT2D eigenvalue weighted by molar-refractivity contribution is 7.13. The second-order valence-electron chi connectivity index (χ2n) is 10.5. The number of rotatable bonds is 9. The van der Waals surface area contributed by atoms with Gasteiger partial charge in [0, 0.05) is 24.4 Å². The molecule has 0 aliphatic carbocycles. The zero-order valence-electron chi connectivity index (χ0n) is 22.0. The summed E-state index contributed by atoms with van der Waals surface area (Å²) in [5.41, 5.74) is 6.86. The molecule has 1 atom stereocenters. The van der Waals surface area contributed by atoms with Gasteiger partial charge in [0.15, 0.2) is 5.13 Å². The molecule has 0 saturated heterocycles. The molecule has 1 aromatic heterocycles. The summed E-state index contributed by atoms with van der Waals surface area (Å²) in [6.07, 6.45) is -0.293. The number of primary amides is 1. The minimum absolute atomic E-state index is 0.142. The number of aryl methyl sites for hydroxylation is 2. The number of carbonyl (C=O) groups excluding carboxylic acids is 3. The number of nitrogens with zero attached hydrogens (tertiary/aromatic N) is 1. The van der Waals surface area contributed by atoms with Gasteiger partial charge < -0.3 is 25.8 Å². The maximum Gasteiger partial charge on any atom is 0.411 e. The molecular formula is C25H37N5O5S. The Bertz CT molecular complexity index is 1060. The van der Waals surface area contributed by atoms with Gasteiger partial charge >= 0.3 is 18.1 Å². The molecule has 0 aliphatic heterocycles. The van der Waals surface area contributed by atoms with E-state index in [9.17, 15) is 14.4 Å². The van der Waals surface area contributed by atoms with Gasteiger partial charge in [0.1, 0.15) is 0 Å². The molecule has 2 aromatic rings. The van der Waals surface area contributed by atoms with E-state index in [1.54, 1.807) is 20.8 Å². The van der Waals surface area contributed by atoms with Crippen LogP contribution in [0.4, 0.5) is 14.7 Å². The molecule has 5 N–H and O–H groups in total. The van der Waals surface area contributed by atoms with Crippen LogP contribution in [0.5, 0.6) is 0 Å². The standard InChI is InChI=1S/C25H37N5O5S/c1-16(31)28-21-29-19(15-36-21)13-12-17-8-10-18(11-9-17)14-27-25(23(2,3)4,34-20(26)32)35-22(33)30-24(5,6)7/h8-11,15,27H,12-14H2,1-7H3,(H2,26,32)(H,30,33)(H,28,29,31). The van der Waals surface area contributed by atoms with Crippen molar-refractivity contribution in [2.75, 3.05) is 5.32 Å². The highest BCUT2D eigenvalue weighted by Crippen LogP contribution is 2.34. The summed E-state index contributed by atoms with van der Waals surface area (Å²) >= 11 is 1.40. The van der Waals surface area contributed by atoms with Crippen LogP contribution in [-0.4, -0.2) is 34.5 Å². The Kier molecular flexibility index (Phi) is 9.44. The molecule has 0 radical (unpaired) electrons. The van der Waals surface area contributed by atoms with Gasteiger partial charge in [0.25, 0.3) is 0 Å². The second-order valence-corrected chi connectivity index (χ2v) is 11.4. The number of benzene rings is 1. The van der Waals surface area contributed by atoms with Crippen LogP contribution in [0.15, 0.2) is 29.6 Å². The number of alkyl carbamates (subject to hydrolysis) is 1. The predicted octanol–water partition coefficient (Wildman–Crippen LogP) is 4.30. The molecule has 0 aliphatic rings. The number of hydrogen-bond acceptors (Lipinski definition) is 8. The first-order chi connectivity index (χ1) is 16.6. The van der Waals surface area contributed by atoms with Crippen molar-refractivity contribution in [3.63, 3.8) is 0 Å². The van der Waals surface area contributed by atoms with E-state index in [2.05, 4.69) is 20.9 Å². The summed E-state index contributed by atoms with van der Waals surface area (Å²) in [7, 11) is 0. The molecule has 10 nitrogen and oxygen atoms in total. The summed E-state index contributed by atoms with van der Waals surface area (Å²) < 4.78 is 11.0. The van der Waals surface area contributed by atoms with Gasteiger partial charge in [-0.05, 0) is 44.7 Å². The quantitative estimate of drug-likeness (QED) is 0.362. The fourth-order valence-corrected chi connectivity index (χ4v) is 4.00. The molecule has 0 saturated carbocycles. The number of amides is 3. The van der Waals surface area contributed by atoms with Crippen molar-refractivity contribution in [1.29, 1.82) is 0 Å². The van der Waals surface area contributed by atoms with Gasteiger partial charge in [-0.15, -0.1) is 11.3 Å². The van der Waals surface area contributed by atoms with E-state index in [1.807, 2.05) is 50.4 Å². The highest BCUT2D eigenvalue weighted by atomic mass is 32.1. The van der Waals surface area contributed by atoms with E-state index >= 15 is 0 Å². The Morgan fingerprint density at radius 3 is 2.11 bits per heavy atom. The first kappa shape index (κ1) is 29.1. The lowest BCUT2D eigenvalue weighted by Gasteiger charge is -2.42. The van der Waals surface area contributed by atoms with Gasteiger partial charge in [-0.1, -0.05) is 45.0 Å². The molecule has 0 spiro atoms. The van der Waals surface area contributed by atoms with Crippen molar-refractivity contribution in [2.45, 2.75) is 79.3 Å². The van der Waals surface area contributed by atoms with Crippen LogP contribution >= 0.6 is 11.3 Å². The Balaban J connectivity index is 2.08. The smallest absolute Gasteiger partial charge is 0.392 e. The van der Waals surface area contributed by atoms with Crippen LogP contribution in [0.2, 0.25) is 0 Å². The fraction of sp³-hybridized carbons (Fsp3) is 0.520. The van der Waals surface area contributed by atoms with Crippen molar-refractivity contribution < 1.29 is 23.9 Å². The SMILES string of the molecule is CC(=O)Nc1nc(CCc2ccc(CNC(OC(N)=O)(OC(=O)NC(C)(C)C)C(C)(C)C)cc2)cs1. The number of aromatic nitrogens is 1. The molecule has 1 aromatic carbocycles. The Morgan fingerprint density at radius 1 is 0.972 bits per heavy atom. The monoisotopic (exact) mass is 519 g/mol. The zero-order valence-corrected chi connectivity index (χ0v) is 22.8. The summed E-state index contributed by atoms with van der Waals surface area (Å²) in [5, 5.41) is 11.0. The highest BCUT2D eigenvalue weighted by Gasteiger charge is 2.50. The number of nitrogens with one attached hydrogen (secondary N) is 3. The number of thiazole rings is 1. The van der Waals surface area contributed by atoms with Crippen molar-refractivity contribution in [1.82, 2.24) is 15.6 Å². The summed E-state index contributed by atoms with van der Waals surface area (Å²) in [6.45, 7) is 12.5. The maximum absolute atomic E-state index is 12.6. The van der Waals surface area contributed by atoms with Gasteiger partial charge in [0.05, 0.1) is 11.1 Å². The number of ether oxygens (including phenoxy) is 2. The van der Waals surface area contributed by atoms with Crippen LogP contribution in [0.25, 0.3) is 0 Å². The van der Waals surface area contributed by atoms with Crippen molar-refractivity contribution in [2.24, 2.45) is 11.1 Å². The fourth-order valence-electron chi connectivity index (χ4n) is 3.21. The molecule has 36 heavy (non-hydrogen) atoms. The molecular weight excluding hydrogens is 482 g/mol. The molecule has 0 fully saturated rings. The van der Waals surface area contributed by atoms with E-state index in [0.29, 0.717) is 5.13 Å². The third-order valence-corrected chi connectivity index (χ3v) is 5.80. The number of anilines is 1. The Hall–Kier alpha value is -3.18. The van der Waals surface area contributed by atoms with E-state index in [-0.39, 0.29) is 12.5 Å². The van der Waals surface area contributed by atoms with E-state index in [1.165, 1.54) is 18.3 Å². The van der Waals surface area contributed by atoms with Crippen LogP contribution in [0.3, 0.4) is 0 Å². The van der Waals surface area contributed by atoms with Gasteiger partial charge in [-0.25, -0.2) is 19.9 Å². The lowest BCUT2D eigenvalue weighted by molar-refractivity contribution is -0.245. The predicted molar refractivity (Wildman–Crippen MR) is 139 cm³/mol. The van der Waals surface area contributed by atoms with Crippen LogP contribution in [-0.2, 0) is 33.7 Å². The lowest BCUT2D eigenvalue weighted by Crippen LogP contribution is -2.62. The van der Waals surface area contributed by atoms with Crippen molar-refractivity contribution in [3.8, 4) is 0 Å². The van der Waals surface area contributed by atoms with Crippen LogP contribution in [0.1, 0.15) is 65.3 Å². The first-order valence-corrected chi connectivity index (χ1v) is 12.5. The average molecular weight is 520 g/mol. The maximum atomic E-state index is 12.6. The molecule has 198 valence electrons. The van der Waals surface area contributed by atoms with Crippen molar-refractivity contribution in [3.05, 3.63) is 46.5 Å². The van der Waals surface area contributed by atoms with E-state index in [0.717, 1.165) is 29.7 Å². The number of nitrogens with two attached hydrogens (primary N) is 1. The van der Waals surface area contributed by atoms with Gasteiger partial charge in [-0.3, -0.25) is 4.79 Å². The average Bonchev–Trinajstić information content (AvgIpc) is 3.15. The molecule has 3 amide bonds. The molecule has 1 unspecified atom stereocenters. The largest absolute Gasteiger partial charge is 0.411 e. The second kappa shape index (κ2) is 11.7. The first-order valence-electron chi connectivity index (χ1n) is 11.6. The van der Waals surface area contributed by atoms with E-state index in [4.69, 9.17) is 15.2 Å². The Morgan fingerprint density at radius 2 is 1.58 bits per heavy atom. The summed E-state index contributed by atoms with van der Waals surface area (Å²) in [6, 6.07) is 7.88. The zero-order chi connectivity index (χ0) is 27.1. The van der Waals surface area contributed by atoms with Crippen molar-refractivity contribution >= 4 is 34.6 Å². The summed E-state index contributed by atoms with van der Waals surface area (Å²) in [5.74, 6) is -1.94. The number of hydrogen-bond donors (Lipinski definition) is 4. The van der Waals surface area contributed by atoms with Gasteiger partial charge in [0.2, 0.25) is 5.91 Å².